The van der Waals surface area contributed by atoms with Crippen LogP contribution in [-0.2, 0) is 10.0 Å². The van der Waals surface area contributed by atoms with Crippen LogP contribution in [0.15, 0.2) is 47.5 Å². The minimum Gasteiger partial charge on any atom is -0.369 e. The predicted octanol–water partition coefficient (Wildman–Crippen LogP) is 2.65. The highest BCUT2D eigenvalue weighted by molar-refractivity contribution is 7.93. The summed E-state index contributed by atoms with van der Waals surface area (Å²) in [6.07, 6.45) is 1.57. The van der Waals surface area contributed by atoms with Crippen LogP contribution in [0.2, 0.25) is 0 Å². The number of nitrogens with zero attached hydrogens (tertiary/aromatic N) is 2. The lowest BCUT2D eigenvalue weighted by molar-refractivity contribution is 0.594. The molecule has 0 saturated heterocycles. The van der Waals surface area contributed by atoms with Gasteiger partial charge >= 0.3 is 0 Å². The van der Waals surface area contributed by atoms with E-state index in [1.165, 1.54) is 4.31 Å². The van der Waals surface area contributed by atoms with E-state index < -0.39 is 10.0 Å². The van der Waals surface area contributed by atoms with Crippen LogP contribution in [0.5, 0.6) is 0 Å². The lowest BCUT2D eigenvalue weighted by atomic mass is 10.2. The van der Waals surface area contributed by atoms with Crippen molar-refractivity contribution < 1.29 is 8.42 Å². The molecule has 1 aromatic carbocycles. The molecule has 0 fully saturated rings. The zero-order chi connectivity index (χ0) is 15.5. The van der Waals surface area contributed by atoms with Crippen LogP contribution in [-0.4, -0.2) is 27.0 Å². The average molecular weight is 305 g/mol. The molecule has 1 heterocycles. The monoisotopic (exact) mass is 305 g/mol. The Bertz CT molecular complexity index is 729. The molecular weight excluding hydrogens is 286 g/mol. The molecule has 5 nitrogen and oxygen atoms in total. The minimum atomic E-state index is -3.65. The van der Waals surface area contributed by atoms with Gasteiger partial charge in [0, 0.05) is 19.8 Å². The number of nitrogens with one attached hydrogen (secondary N) is 1. The molecule has 2 aromatic rings. The molecule has 0 bridgehead atoms. The van der Waals surface area contributed by atoms with Gasteiger partial charge in [-0.1, -0.05) is 12.1 Å². The van der Waals surface area contributed by atoms with Crippen molar-refractivity contribution in [3.63, 3.8) is 0 Å². The molecule has 1 aromatic heterocycles. The zero-order valence-electron chi connectivity index (χ0n) is 12.4. The van der Waals surface area contributed by atoms with Crippen LogP contribution >= 0.6 is 0 Å². The summed E-state index contributed by atoms with van der Waals surface area (Å²) in [6, 6.07) is 10.6. The zero-order valence-corrected chi connectivity index (χ0v) is 13.2. The number of aromatic nitrogens is 1. The van der Waals surface area contributed by atoms with Gasteiger partial charge in [-0.05, 0) is 43.7 Å². The molecule has 21 heavy (non-hydrogen) atoms. The Hall–Kier alpha value is -2.08. The third-order valence-electron chi connectivity index (χ3n) is 3.12. The lowest BCUT2D eigenvalue weighted by Gasteiger charge is -2.21. The van der Waals surface area contributed by atoms with Gasteiger partial charge in [0.1, 0.15) is 10.7 Å². The summed E-state index contributed by atoms with van der Waals surface area (Å²) in [4.78, 5) is 4.29. The maximum atomic E-state index is 12.8. The molecule has 0 amide bonds. The van der Waals surface area contributed by atoms with E-state index in [9.17, 15) is 8.42 Å². The molecule has 0 radical (unpaired) electrons. The van der Waals surface area contributed by atoms with E-state index in [1.807, 2.05) is 32.0 Å². The Labute approximate surface area is 125 Å². The standard InChI is InChI=1S/C15H19N3O2S/c1-4-16-15-14(9-6-10-17-15)21(19,20)18(3)13-8-5-7-12(2)11-13/h5-11H,4H2,1-3H3,(H,16,17). The van der Waals surface area contributed by atoms with Gasteiger partial charge in [-0.2, -0.15) is 0 Å². The van der Waals surface area contributed by atoms with Crippen LogP contribution in [0.3, 0.4) is 0 Å². The Morgan fingerprint density at radius 1 is 1.24 bits per heavy atom. The number of aryl methyl sites for hydroxylation is 1. The Morgan fingerprint density at radius 3 is 2.67 bits per heavy atom. The molecule has 0 atom stereocenters. The summed E-state index contributed by atoms with van der Waals surface area (Å²) >= 11 is 0. The van der Waals surface area contributed by atoms with E-state index in [0.717, 1.165) is 5.56 Å². The third kappa shape index (κ3) is 3.16. The molecule has 112 valence electrons. The Morgan fingerprint density at radius 2 is 2.00 bits per heavy atom. The van der Waals surface area contributed by atoms with Gasteiger partial charge in [0.05, 0.1) is 5.69 Å². The normalized spacial score (nSPS) is 11.2. The second-order valence-corrected chi connectivity index (χ2v) is 6.63. The topological polar surface area (TPSA) is 62.3 Å². The summed E-state index contributed by atoms with van der Waals surface area (Å²) < 4.78 is 26.8. The minimum absolute atomic E-state index is 0.177. The van der Waals surface area contributed by atoms with Crippen molar-refractivity contribution in [3.05, 3.63) is 48.2 Å². The first-order valence-electron chi connectivity index (χ1n) is 6.71. The summed E-state index contributed by atoms with van der Waals surface area (Å²) in [5, 5.41) is 2.98. The average Bonchev–Trinajstić information content (AvgIpc) is 2.47. The number of sulfonamides is 1. The number of hydrogen-bond acceptors (Lipinski definition) is 4. The lowest BCUT2D eigenvalue weighted by Crippen LogP contribution is -2.27. The second kappa shape index (κ2) is 6.13. The molecule has 6 heteroatoms. The largest absolute Gasteiger partial charge is 0.369 e. The smallest absolute Gasteiger partial charge is 0.267 e. The van der Waals surface area contributed by atoms with Crippen molar-refractivity contribution in [2.75, 3.05) is 23.2 Å². The molecule has 0 aliphatic rings. The van der Waals surface area contributed by atoms with Crippen LogP contribution in [0, 0.1) is 6.92 Å². The van der Waals surface area contributed by atoms with E-state index in [1.54, 1.807) is 31.4 Å². The van der Waals surface area contributed by atoms with Crippen molar-refractivity contribution in [1.82, 2.24) is 4.98 Å². The first-order valence-corrected chi connectivity index (χ1v) is 8.15. The van der Waals surface area contributed by atoms with E-state index >= 15 is 0 Å². The van der Waals surface area contributed by atoms with Gasteiger partial charge in [-0.25, -0.2) is 13.4 Å². The number of rotatable bonds is 5. The van der Waals surface area contributed by atoms with E-state index in [-0.39, 0.29) is 4.90 Å². The number of pyridine rings is 1. The molecule has 0 unspecified atom stereocenters. The predicted molar refractivity (Wildman–Crippen MR) is 85.2 cm³/mol. The highest BCUT2D eigenvalue weighted by atomic mass is 32.2. The SMILES string of the molecule is CCNc1ncccc1S(=O)(=O)N(C)c1cccc(C)c1. The van der Waals surface area contributed by atoms with E-state index in [0.29, 0.717) is 18.1 Å². The first-order chi connectivity index (χ1) is 9.96. The summed E-state index contributed by atoms with van der Waals surface area (Å²) in [6.45, 7) is 4.43. The number of anilines is 2. The number of benzene rings is 1. The van der Waals surface area contributed by atoms with Crippen LogP contribution in [0.1, 0.15) is 12.5 Å². The van der Waals surface area contributed by atoms with Gasteiger partial charge in [0.2, 0.25) is 0 Å². The number of hydrogen-bond donors (Lipinski definition) is 1. The van der Waals surface area contributed by atoms with E-state index in [2.05, 4.69) is 10.3 Å². The van der Waals surface area contributed by atoms with Crippen molar-refractivity contribution in [2.24, 2.45) is 0 Å². The Balaban J connectivity index is 2.47. The molecular formula is C15H19N3O2S. The first kappa shape index (κ1) is 15.3. The molecule has 0 aliphatic carbocycles. The summed E-state index contributed by atoms with van der Waals surface area (Å²) in [5.74, 6) is 0.375. The van der Waals surface area contributed by atoms with Crippen LogP contribution < -0.4 is 9.62 Å². The molecule has 0 aliphatic heterocycles. The van der Waals surface area contributed by atoms with Crippen molar-refractivity contribution >= 4 is 21.5 Å². The highest BCUT2D eigenvalue weighted by Gasteiger charge is 2.24. The molecule has 2 rings (SSSR count). The quantitative estimate of drug-likeness (QED) is 0.922. The third-order valence-corrected chi connectivity index (χ3v) is 4.94. The maximum Gasteiger partial charge on any atom is 0.267 e. The fraction of sp³-hybridized carbons (Fsp3) is 0.267. The van der Waals surface area contributed by atoms with Gasteiger partial charge in [0.15, 0.2) is 0 Å². The van der Waals surface area contributed by atoms with Gasteiger partial charge in [-0.15, -0.1) is 0 Å². The van der Waals surface area contributed by atoms with Gasteiger partial charge in [0.25, 0.3) is 10.0 Å². The fourth-order valence-corrected chi connectivity index (χ4v) is 3.31. The van der Waals surface area contributed by atoms with E-state index in [4.69, 9.17) is 0 Å². The van der Waals surface area contributed by atoms with Crippen molar-refractivity contribution in [3.8, 4) is 0 Å². The van der Waals surface area contributed by atoms with Crippen LogP contribution in [0.4, 0.5) is 11.5 Å². The highest BCUT2D eigenvalue weighted by Crippen LogP contribution is 2.26. The van der Waals surface area contributed by atoms with Crippen molar-refractivity contribution in [2.45, 2.75) is 18.7 Å². The van der Waals surface area contributed by atoms with Gasteiger partial charge in [-0.3, -0.25) is 4.31 Å². The van der Waals surface area contributed by atoms with Crippen LogP contribution in [0.25, 0.3) is 0 Å². The summed E-state index contributed by atoms with van der Waals surface area (Å²) in [5.41, 5.74) is 1.63. The maximum absolute atomic E-state index is 12.8. The molecule has 0 saturated carbocycles. The summed E-state index contributed by atoms with van der Waals surface area (Å²) in [7, 11) is -2.10. The fourth-order valence-electron chi connectivity index (χ4n) is 2.01. The Kier molecular flexibility index (Phi) is 4.47. The molecule has 0 spiro atoms. The molecule has 1 N–H and O–H groups in total. The van der Waals surface area contributed by atoms with Crippen molar-refractivity contribution in [1.29, 1.82) is 0 Å². The second-order valence-electron chi connectivity index (χ2n) is 4.69. The van der Waals surface area contributed by atoms with Gasteiger partial charge < -0.3 is 5.32 Å².